The van der Waals surface area contributed by atoms with Crippen LogP contribution in [-0.4, -0.2) is 54.9 Å². The van der Waals surface area contributed by atoms with Crippen LogP contribution in [0.1, 0.15) is 27.2 Å². The lowest BCUT2D eigenvalue weighted by Crippen LogP contribution is -2.39. The average molecular weight is 349 g/mol. The summed E-state index contributed by atoms with van der Waals surface area (Å²) >= 11 is 0. The van der Waals surface area contributed by atoms with Gasteiger partial charge < -0.3 is 25.4 Å². The van der Waals surface area contributed by atoms with Crippen LogP contribution in [0.5, 0.6) is 0 Å². The summed E-state index contributed by atoms with van der Waals surface area (Å²) in [6, 6.07) is 7.72. The molecule has 1 aliphatic rings. The zero-order chi connectivity index (χ0) is 18.4. The lowest BCUT2D eigenvalue weighted by molar-refractivity contribution is -0.116. The number of Topliss-reactive ketones (excluding diaryl/α,β-unsaturated/α-hetero) is 1. The fourth-order valence-corrected chi connectivity index (χ4v) is 2.46. The Hall–Kier alpha value is -2.28. The van der Waals surface area contributed by atoms with Crippen LogP contribution >= 0.6 is 0 Å². The number of alkyl carbamates (subject to hydrolysis) is 1. The van der Waals surface area contributed by atoms with Crippen molar-refractivity contribution in [3.63, 3.8) is 0 Å². The van der Waals surface area contributed by atoms with Gasteiger partial charge in [-0.05, 0) is 45.0 Å². The number of aliphatic hydroxyl groups excluding tert-OH is 1. The zero-order valence-electron chi connectivity index (χ0n) is 15.0. The Labute approximate surface area is 148 Å². The molecule has 2 rings (SSSR count). The molecular weight excluding hydrogens is 322 g/mol. The van der Waals surface area contributed by atoms with Crippen molar-refractivity contribution in [1.29, 1.82) is 0 Å². The van der Waals surface area contributed by atoms with Gasteiger partial charge in [0, 0.05) is 37.4 Å². The van der Waals surface area contributed by atoms with Crippen LogP contribution in [0.15, 0.2) is 24.3 Å². The summed E-state index contributed by atoms with van der Waals surface area (Å²) in [7, 11) is 0. The molecule has 1 amide bonds. The number of ketones is 1. The maximum atomic E-state index is 11.5. The number of benzene rings is 1. The van der Waals surface area contributed by atoms with Crippen molar-refractivity contribution >= 4 is 23.3 Å². The first-order valence-corrected chi connectivity index (χ1v) is 8.48. The monoisotopic (exact) mass is 349 g/mol. The Bertz CT molecular complexity index is 595. The van der Waals surface area contributed by atoms with Gasteiger partial charge in [-0.25, -0.2) is 4.79 Å². The molecule has 1 aromatic carbocycles. The number of ether oxygens (including phenoxy) is 1. The topological polar surface area (TPSA) is 90.9 Å². The molecule has 1 aliphatic heterocycles. The minimum atomic E-state index is -0.733. The summed E-state index contributed by atoms with van der Waals surface area (Å²) < 4.78 is 5.11. The number of carbonyl (C=O) groups is 2. The first kappa shape index (κ1) is 19.1. The van der Waals surface area contributed by atoms with Crippen molar-refractivity contribution < 1.29 is 19.4 Å². The van der Waals surface area contributed by atoms with Gasteiger partial charge >= 0.3 is 6.09 Å². The number of hydrogen-bond donors (Lipinski definition) is 3. The second-order valence-electron chi connectivity index (χ2n) is 7.17. The van der Waals surface area contributed by atoms with Crippen LogP contribution in [0.2, 0.25) is 0 Å². The largest absolute Gasteiger partial charge is 0.444 e. The fraction of sp³-hybridized carbons (Fsp3) is 0.556. The third-order valence-electron chi connectivity index (χ3n) is 3.68. The summed E-state index contributed by atoms with van der Waals surface area (Å²) in [5.74, 6) is 0.266. The maximum Gasteiger partial charge on any atom is 0.407 e. The second-order valence-corrected chi connectivity index (χ2v) is 7.17. The van der Waals surface area contributed by atoms with E-state index >= 15 is 0 Å². The smallest absolute Gasteiger partial charge is 0.407 e. The van der Waals surface area contributed by atoms with E-state index in [1.54, 1.807) is 20.8 Å². The third-order valence-corrected chi connectivity index (χ3v) is 3.68. The van der Waals surface area contributed by atoms with Gasteiger partial charge in [-0.2, -0.15) is 0 Å². The normalized spacial score (nSPS) is 15.8. The van der Waals surface area contributed by atoms with Crippen LogP contribution in [0, 0.1) is 0 Å². The van der Waals surface area contributed by atoms with Crippen LogP contribution in [0.25, 0.3) is 0 Å². The molecule has 7 heteroatoms. The Morgan fingerprint density at radius 2 is 1.96 bits per heavy atom. The molecule has 1 unspecified atom stereocenters. The van der Waals surface area contributed by atoms with Crippen LogP contribution in [0.4, 0.5) is 16.2 Å². The number of rotatable bonds is 6. The van der Waals surface area contributed by atoms with Gasteiger partial charge in [0.1, 0.15) is 5.60 Å². The van der Waals surface area contributed by atoms with E-state index < -0.39 is 17.8 Å². The number of nitrogens with zero attached hydrogens (tertiary/aromatic N) is 1. The van der Waals surface area contributed by atoms with E-state index in [-0.39, 0.29) is 12.3 Å². The molecule has 1 atom stereocenters. The lowest BCUT2D eigenvalue weighted by Gasteiger charge is -2.21. The highest BCUT2D eigenvalue weighted by molar-refractivity contribution is 5.87. The maximum absolute atomic E-state index is 11.5. The quantitative estimate of drug-likeness (QED) is 0.725. The summed E-state index contributed by atoms with van der Waals surface area (Å²) in [6.45, 7) is 7.00. The number of amides is 1. The SMILES string of the molecule is CC(C)(C)OC(=O)NCC(O)CNc1ccc(N2CCC(=O)C2)cc1. The van der Waals surface area contributed by atoms with Crippen molar-refractivity contribution in [3.05, 3.63) is 24.3 Å². The molecule has 0 aliphatic carbocycles. The standard InChI is InChI=1S/C18H27N3O4/c1-18(2,3)25-17(24)20-11-16(23)10-19-13-4-6-14(7-5-13)21-9-8-15(22)12-21/h4-7,16,19,23H,8-12H2,1-3H3,(H,20,24). The molecule has 1 fully saturated rings. The van der Waals surface area contributed by atoms with Crippen LogP contribution in [0.3, 0.4) is 0 Å². The van der Waals surface area contributed by atoms with Gasteiger partial charge in [-0.15, -0.1) is 0 Å². The van der Waals surface area contributed by atoms with Gasteiger partial charge in [-0.3, -0.25) is 4.79 Å². The summed E-state index contributed by atoms with van der Waals surface area (Å²) in [5, 5.41) is 15.6. The minimum Gasteiger partial charge on any atom is -0.444 e. The molecule has 7 nitrogen and oxygen atoms in total. The van der Waals surface area contributed by atoms with Gasteiger partial charge in [0.25, 0.3) is 0 Å². The molecule has 0 saturated carbocycles. The Balaban J connectivity index is 1.71. The van der Waals surface area contributed by atoms with Gasteiger partial charge in [0.05, 0.1) is 12.6 Å². The van der Waals surface area contributed by atoms with Gasteiger partial charge in [0.15, 0.2) is 5.78 Å². The van der Waals surface area contributed by atoms with Gasteiger partial charge in [-0.1, -0.05) is 0 Å². The predicted molar refractivity (Wildman–Crippen MR) is 97.0 cm³/mol. The summed E-state index contributed by atoms with van der Waals surface area (Å²) in [4.78, 5) is 24.9. The third kappa shape index (κ3) is 6.62. The minimum absolute atomic E-state index is 0.107. The highest BCUT2D eigenvalue weighted by atomic mass is 16.6. The zero-order valence-corrected chi connectivity index (χ0v) is 15.0. The van der Waals surface area contributed by atoms with E-state index in [9.17, 15) is 14.7 Å². The molecular formula is C18H27N3O4. The second kappa shape index (κ2) is 8.20. The number of aliphatic hydroxyl groups is 1. The number of hydrogen-bond acceptors (Lipinski definition) is 6. The molecule has 0 bridgehead atoms. The van der Waals surface area contributed by atoms with E-state index in [0.717, 1.165) is 17.9 Å². The Morgan fingerprint density at radius 3 is 2.52 bits per heavy atom. The van der Waals surface area contributed by atoms with Crippen LogP contribution in [-0.2, 0) is 9.53 Å². The molecule has 0 spiro atoms. The molecule has 3 N–H and O–H groups in total. The molecule has 0 aromatic heterocycles. The number of anilines is 2. The lowest BCUT2D eigenvalue weighted by atomic mass is 10.2. The predicted octanol–water partition coefficient (Wildman–Crippen LogP) is 1.76. The van der Waals surface area contributed by atoms with Gasteiger partial charge in [0.2, 0.25) is 0 Å². The molecule has 1 heterocycles. The van der Waals surface area contributed by atoms with E-state index in [1.807, 2.05) is 29.2 Å². The van der Waals surface area contributed by atoms with E-state index in [4.69, 9.17) is 4.74 Å². The number of carbonyl (C=O) groups excluding carboxylic acids is 2. The van der Waals surface area contributed by atoms with Crippen LogP contribution < -0.4 is 15.5 Å². The average Bonchev–Trinajstić information content (AvgIpc) is 2.96. The molecule has 25 heavy (non-hydrogen) atoms. The first-order valence-electron chi connectivity index (χ1n) is 8.48. The summed E-state index contributed by atoms with van der Waals surface area (Å²) in [5.41, 5.74) is 1.32. The van der Waals surface area contributed by atoms with Crippen molar-refractivity contribution in [2.24, 2.45) is 0 Å². The highest BCUT2D eigenvalue weighted by Crippen LogP contribution is 2.20. The Morgan fingerprint density at radius 1 is 1.28 bits per heavy atom. The Kier molecular flexibility index (Phi) is 6.25. The van der Waals surface area contributed by atoms with Crippen molar-refractivity contribution in [2.75, 3.05) is 36.4 Å². The fourth-order valence-electron chi connectivity index (χ4n) is 2.46. The molecule has 1 saturated heterocycles. The van der Waals surface area contributed by atoms with Crippen molar-refractivity contribution in [3.8, 4) is 0 Å². The highest BCUT2D eigenvalue weighted by Gasteiger charge is 2.19. The molecule has 0 radical (unpaired) electrons. The van der Waals surface area contributed by atoms with E-state index in [2.05, 4.69) is 10.6 Å². The summed E-state index contributed by atoms with van der Waals surface area (Å²) in [6.07, 6.45) is -0.670. The van der Waals surface area contributed by atoms with E-state index in [0.29, 0.717) is 19.5 Å². The molecule has 1 aromatic rings. The van der Waals surface area contributed by atoms with Crippen molar-refractivity contribution in [2.45, 2.75) is 38.9 Å². The van der Waals surface area contributed by atoms with Crippen molar-refractivity contribution in [1.82, 2.24) is 5.32 Å². The molecule has 138 valence electrons. The van der Waals surface area contributed by atoms with E-state index in [1.165, 1.54) is 0 Å². The first-order chi connectivity index (χ1) is 11.7. The number of nitrogens with one attached hydrogen (secondary N) is 2.